The van der Waals surface area contributed by atoms with E-state index in [1.807, 2.05) is 33.8 Å². The normalized spacial score (nSPS) is 17.8. The number of anilines is 1. The smallest absolute Gasteiger partial charge is 0.321 e. The summed E-state index contributed by atoms with van der Waals surface area (Å²) < 4.78 is 7.00. The van der Waals surface area contributed by atoms with Gasteiger partial charge >= 0.3 is 6.03 Å². The number of likely N-dealkylation sites (tertiary alicyclic amines) is 1. The zero-order chi connectivity index (χ0) is 16.1. The van der Waals surface area contributed by atoms with Gasteiger partial charge in [-0.15, -0.1) is 0 Å². The van der Waals surface area contributed by atoms with Crippen molar-refractivity contribution in [3.63, 3.8) is 0 Å². The molecule has 1 aromatic carbocycles. The Kier molecular flexibility index (Phi) is 4.75. The number of nitrogens with zero attached hydrogens (tertiary/aromatic N) is 4. The Morgan fingerprint density at radius 2 is 2.39 bits per heavy atom. The Balaban J connectivity index is 1.58. The van der Waals surface area contributed by atoms with E-state index in [1.54, 1.807) is 13.4 Å². The predicted octanol–water partition coefficient (Wildman–Crippen LogP) is 2.23. The predicted molar refractivity (Wildman–Crippen MR) is 86.3 cm³/mol. The molecule has 0 spiro atoms. The summed E-state index contributed by atoms with van der Waals surface area (Å²) >= 11 is 0. The molecule has 7 nitrogen and oxygen atoms in total. The van der Waals surface area contributed by atoms with Gasteiger partial charge in [-0.05, 0) is 30.9 Å². The quantitative estimate of drug-likeness (QED) is 0.939. The summed E-state index contributed by atoms with van der Waals surface area (Å²) in [4.78, 5) is 18.3. The third-order valence-electron chi connectivity index (χ3n) is 4.04. The van der Waals surface area contributed by atoms with Gasteiger partial charge in [-0.2, -0.15) is 5.10 Å². The van der Waals surface area contributed by atoms with Crippen LogP contribution in [0.15, 0.2) is 36.9 Å². The topological polar surface area (TPSA) is 72.3 Å². The summed E-state index contributed by atoms with van der Waals surface area (Å²) in [6, 6.07) is 7.32. The monoisotopic (exact) mass is 315 g/mol. The van der Waals surface area contributed by atoms with Crippen molar-refractivity contribution in [3.05, 3.63) is 36.9 Å². The number of aromatic nitrogens is 3. The number of rotatable bonds is 4. The second-order valence-electron chi connectivity index (χ2n) is 5.73. The molecule has 1 aliphatic rings. The minimum Gasteiger partial charge on any atom is -0.497 e. The summed E-state index contributed by atoms with van der Waals surface area (Å²) in [6.07, 6.45) is 5.36. The van der Waals surface area contributed by atoms with Gasteiger partial charge < -0.3 is 15.0 Å². The first kappa shape index (κ1) is 15.3. The number of nitrogens with one attached hydrogen (secondary N) is 1. The number of hydrogen-bond donors (Lipinski definition) is 1. The van der Waals surface area contributed by atoms with Crippen LogP contribution in [-0.2, 0) is 6.54 Å². The molecule has 0 radical (unpaired) electrons. The number of ether oxygens (including phenoxy) is 1. The van der Waals surface area contributed by atoms with Crippen LogP contribution in [0.2, 0.25) is 0 Å². The number of hydrogen-bond acceptors (Lipinski definition) is 4. The highest BCUT2D eigenvalue weighted by atomic mass is 16.5. The molecule has 1 aliphatic heterocycles. The molecular weight excluding hydrogens is 294 g/mol. The molecule has 1 N–H and O–H groups in total. The summed E-state index contributed by atoms with van der Waals surface area (Å²) in [6.45, 7) is 2.31. The van der Waals surface area contributed by atoms with Crippen molar-refractivity contribution in [2.45, 2.75) is 19.4 Å². The zero-order valence-corrected chi connectivity index (χ0v) is 13.2. The molecule has 2 amide bonds. The Bertz CT molecular complexity index is 644. The first-order valence-corrected chi connectivity index (χ1v) is 7.77. The van der Waals surface area contributed by atoms with Crippen LogP contribution >= 0.6 is 0 Å². The van der Waals surface area contributed by atoms with Crippen molar-refractivity contribution in [3.8, 4) is 5.75 Å². The lowest BCUT2D eigenvalue weighted by Gasteiger charge is -2.32. The molecule has 1 atom stereocenters. The summed E-state index contributed by atoms with van der Waals surface area (Å²) in [7, 11) is 1.61. The average molecular weight is 315 g/mol. The lowest BCUT2D eigenvalue weighted by Crippen LogP contribution is -2.43. The van der Waals surface area contributed by atoms with Crippen molar-refractivity contribution in [1.82, 2.24) is 19.7 Å². The lowest BCUT2D eigenvalue weighted by atomic mass is 9.98. The van der Waals surface area contributed by atoms with E-state index in [4.69, 9.17) is 4.74 Å². The third kappa shape index (κ3) is 4.00. The summed E-state index contributed by atoms with van der Waals surface area (Å²) in [5, 5.41) is 7.08. The van der Waals surface area contributed by atoms with Crippen LogP contribution in [0.5, 0.6) is 5.75 Å². The first-order valence-electron chi connectivity index (χ1n) is 7.77. The fraction of sp³-hybridized carbons (Fsp3) is 0.438. The van der Waals surface area contributed by atoms with Crippen LogP contribution < -0.4 is 10.1 Å². The zero-order valence-electron chi connectivity index (χ0n) is 13.2. The molecule has 2 heterocycles. The van der Waals surface area contributed by atoms with E-state index in [0.717, 1.165) is 43.9 Å². The van der Waals surface area contributed by atoms with E-state index in [0.29, 0.717) is 5.92 Å². The van der Waals surface area contributed by atoms with Crippen molar-refractivity contribution in [2.24, 2.45) is 5.92 Å². The Morgan fingerprint density at radius 1 is 1.48 bits per heavy atom. The van der Waals surface area contributed by atoms with Crippen molar-refractivity contribution < 1.29 is 9.53 Å². The fourth-order valence-electron chi connectivity index (χ4n) is 2.89. The van der Waals surface area contributed by atoms with Gasteiger partial charge in [-0.1, -0.05) is 6.07 Å². The molecule has 2 aromatic rings. The van der Waals surface area contributed by atoms with Gasteiger partial charge in [-0.25, -0.2) is 9.78 Å². The largest absolute Gasteiger partial charge is 0.497 e. The number of benzene rings is 1. The average Bonchev–Trinajstić information content (AvgIpc) is 3.08. The molecule has 0 unspecified atom stereocenters. The van der Waals surface area contributed by atoms with Crippen LogP contribution in [-0.4, -0.2) is 45.9 Å². The summed E-state index contributed by atoms with van der Waals surface area (Å²) in [5.74, 6) is 1.13. The highest BCUT2D eigenvalue weighted by Gasteiger charge is 2.24. The molecule has 1 saturated heterocycles. The Morgan fingerprint density at radius 3 is 3.17 bits per heavy atom. The summed E-state index contributed by atoms with van der Waals surface area (Å²) in [5.41, 5.74) is 0.743. The van der Waals surface area contributed by atoms with E-state index >= 15 is 0 Å². The SMILES string of the molecule is COc1cccc(NC(=O)N2CCC[C@H](Cn3cncn3)C2)c1. The molecule has 0 saturated carbocycles. The Labute approximate surface area is 135 Å². The van der Waals surface area contributed by atoms with Gasteiger partial charge in [0, 0.05) is 31.4 Å². The van der Waals surface area contributed by atoms with Crippen LogP contribution in [0.25, 0.3) is 0 Å². The van der Waals surface area contributed by atoms with Gasteiger partial charge in [0.1, 0.15) is 18.4 Å². The highest BCUT2D eigenvalue weighted by Crippen LogP contribution is 2.21. The number of carbonyl (C=O) groups is 1. The molecule has 122 valence electrons. The molecule has 23 heavy (non-hydrogen) atoms. The van der Waals surface area contributed by atoms with E-state index in [2.05, 4.69) is 15.4 Å². The third-order valence-corrected chi connectivity index (χ3v) is 4.04. The maximum absolute atomic E-state index is 12.5. The van der Waals surface area contributed by atoms with E-state index in [1.165, 1.54) is 6.33 Å². The molecule has 7 heteroatoms. The van der Waals surface area contributed by atoms with Gasteiger partial charge in [-0.3, -0.25) is 4.68 Å². The first-order chi connectivity index (χ1) is 11.2. The minimum atomic E-state index is -0.0680. The van der Waals surface area contributed by atoms with Crippen LogP contribution in [0.3, 0.4) is 0 Å². The minimum absolute atomic E-state index is 0.0680. The van der Waals surface area contributed by atoms with Gasteiger partial charge in [0.2, 0.25) is 0 Å². The highest BCUT2D eigenvalue weighted by molar-refractivity contribution is 5.89. The second-order valence-corrected chi connectivity index (χ2v) is 5.73. The molecule has 0 aliphatic carbocycles. The molecular formula is C16H21N5O2. The van der Waals surface area contributed by atoms with Crippen LogP contribution in [0.4, 0.5) is 10.5 Å². The van der Waals surface area contributed by atoms with E-state index in [-0.39, 0.29) is 6.03 Å². The van der Waals surface area contributed by atoms with Crippen molar-refractivity contribution in [1.29, 1.82) is 0 Å². The van der Waals surface area contributed by atoms with Gasteiger partial charge in [0.05, 0.1) is 7.11 Å². The van der Waals surface area contributed by atoms with E-state index in [9.17, 15) is 4.79 Å². The maximum atomic E-state index is 12.5. The fourth-order valence-corrected chi connectivity index (χ4v) is 2.89. The van der Waals surface area contributed by atoms with Gasteiger partial charge in [0.15, 0.2) is 0 Å². The standard InChI is InChI=1S/C16H21N5O2/c1-23-15-6-2-5-14(8-15)19-16(22)20-7-3-4-13(9-20)10-21-12-17-11-18-21/h2,5-6,8,11-13H,3-4,7,9-10H2,1H3,(H,19,22)/t13-/m0/s1. The second kappa shape index (κ2) is 7.13. The molecule has 1 fully saturated rings. The maximum Gasteiger partial charge on any atom is 0.321 e. The number of methoxy groups -OCH3 is 1. The molecule has 0 bridgehead atoms. The number of carbonyl (C=O) groups excluding carboxylic acids is 1. The van der Waals surface area contributed by atoms with E-state index < -0.39 is 0 Å². The van der Waals surface area contributed by atoms with Crippen LogP contribution in [0.1, 0.15) is 12.8 Å². The van der Waals surface area contributed by atoms with Crippen molar-refractivity contribution >= 4 is 11.7 Å². The number of urea groups is 1. The number of piperidine rings is 1. The van der Waals surface area contributed by atoms with Crippen LogP contribution in [0, 0.1) is 5.92 Å². The van der Waals surface area contributed by atoms with Gasteiger partial charge in [0.25, 0.3) is 0 Å². The van der Waals surface area contributed by atoms with Crippen molar-refractivity contribution in [2.75, 3.05) is 25.5 Å². The molecule has 3 rings (SSSR count). The number of amides is 2. The Hall–Kier alpha value is -2.57. The molecule has 1 aromatic heterocycles. The lowest BCUT2D eigenvalue weighted by molar-refractivity contribution is 0.168.